The van der Waals surface area contributed by atoms with Crippen molar-refractivity contribution >= 4 is 11.6 Å². The Balaban J connectivity index is 1.96. The minimum absolute atomic E-state index is 0.393. The number of aliphatic hydroxyl groups is 1. The smallest absolute Gasteiger partial charge is 0.115 e. The second-order valence-corrected chi connectivity index (χ2v) is 7.91. The first kappa shape index (κ1) is 18.5. The van der Waals surface area contributed by atoms with Crippen LogP contribution in [0.1, 0.15) is 32.0 Å². The van der Waals surface area contributed by atoms with Gasteiger partial charge in [0.2, 0.25) is 0 Å². The summed E-state index contributed by atoms with van der Waals surface area (Å²) in [5, 5.41) is 12.2. The minimum Gasteiger partial charge on any atom is -0.383 e. The van der Waals surface area contributed by atoms with E-state index in [1.165, 1.54) is 6.33 Å². The van der Waals surface area contributed by atoms with Crippen molar-refractivity contribution in [1.82, 2.24) is 15.0 Å². The fraction of sp³-hybridized carbons (Fsp3) is 0.286. The molecule has 1 atom stereocenters. The molecule has 1 aromatic carbocycles. The predicted octanol–water partition coefficient (Wildman–Crippen LogP) is 4.67. The summed E-state index contributed by atoms with van der Waals surface area (Å²) in [7, 11) is 0. The van der Waals surface area contributed by atoms with Gasteiger partial charge >= 0.3 is 0 Å². The van der Waals surface area contributed by atoms with E-state index in [4.69, 9.17) is 11.6 Å². The number of aromatic nitrogens is 3. The lowest BCUT2D eigenvalue weighted by Gasteiger charge is -2.40. The largest absolute Gasteiger partial charge is 0.383 e. The van der Waals surface area contributed by atoms with Crippen molar-refractivity contribution in [1.29, 1.82) is 0 Å². The van der Waals surface area contributed by atoms with Gasteiger partial charge in [0.15, 0.2) is 0 Å². The highest BCUT2D eigenvalue weighted by Gasteiger charge is 2.43. The number of benzene rings is 1. The summed E-state index contributed by atoms with van der Waals surface area (Å²) in [6.07, 6.45) is 7.12. The fourth-order valence-electron chi connectivity index (χ4n) is 2.91. The number of hydrogen-bond acceptors (Lipinski definition) is 4. The number of pyridine rings is 1. The molecule has 1 N–H and O–H groups in total. The van der Waals surface area contributed by atoms with Gasteiger partial charge in [-0.1, -0.05) is 50.6 Å². The van der Waals surface area contributed by atoms with Crippen molar-refractivity contribution in [3.05, 3.63) is 77.6 Å². The third-order valence-corrected chi connectivity index (χ3v) is 4.93. The average molecular weight is 368 g/mol. The van der Waals surface area contributed by atoms with Crippen molar-refractivity contribution < 1.29 is 5.11 Å². The molecular formula is C21H22ClN3O. The molecule has 2 aromatic heterocycles. The van der Waals surface area contributed by atoms with E-state index in [9.17, 15) is 5.11 Å². The molecule has 5 heteroatoms. The molecule has 0 spiro atoms. The van der Waals surface area contributed by atoms with Gasteiger partial charge in [-0.05, 0) is 34.7 Å². The molecule has 0 aliphatic carbocycles. The molecule has 26 heavy (non-hydrogen) atoms. The van der Waals surface area contributed by atoms with Crippen molar-refractivity contribution in [3.63, 3.8) is 0 Å². The van der Waals surface area contributed by atoms with Gasteiger partial charge in [-0.2, -0.15) is 0 Å². The van der Waals surface area contributed by atoms with Gasteiger partial charge in [0, 0.05) is 35.6 Å². The Morgan fingerprint density at radius 3 is 2.04 bits per heavy atom. The van der Waals surface area contributed by atoms with Crippen LogP contribution in [0, 0.1) is 5.41 Å². The molecule has 3 aromatic rings. The molecule has 0 aliphatic rings. The maximum absolute atomic E-state index is 11.5. The van der Waals surface area contributed by atoms with Crippen LogP contribution in [-0.2, 0) is 12.0 Å². The lowest BCUT2D eigenvalue weighted by Crippen LogP contribution is -2.42. The number of nitrogens with zero attached hydrogens (tertiary/aromatic N) is 3. The monoisotopic (exact) mass is 367 g/mol. The van der Waals surface area contributed by atoms with Gasteiger partial charge in [-0.3, -0.25) is 4.98 Å². The first-order valence-electron chi connectivity index (χ1n) is 8.48. The molecule has 0 bridgehead atoms. The predicted molar refractivity (Wildman–Crippen MR) is 104 cm³/mol. The van der Waals surface area contributed by atoms with E-state index in [0.29, 0.717) is 17.1 Å². The lowest BCUT2D eigenvalue weighted by atomic mass is 9.71. The van der Waals surface area contributed by atoms with Crippen LogP contribution < -0.4 is 0 Å². The number of hydrogen-bond donors (Lipinski definition) is 1. The standard InChI is InChI=1S/C21H22ClN3O/c1-20(2,3)21(26,10-15-11-23-14-24-12-15)19-9-6-17(13-25-19)16-4-7-18(22)8-5-16/h4-9,11-14,26H,10H2,1-3H3. The SMILES string of the molecule is CC(C)(C)C(O)(Cc1cncnc1)c1ccc(-c2ccc(Cl)cc2)cn1. The Bertz CT molecular complexity index is 859. The lowest BCUT2D eigenvalue weighted by molar-refractivity contribution is -0.0676. The second kappa shape index (κ2) is 7.14. The highest BCUT2D eigenvalue weighted by atomic mass is 35.5. The zero-order valence-corrected chi connectivity index (χ0v) is 15.9. The van der Waals surface area contributed by atoms with Crippen LogP contribution in [0.5, 0.6) is 0 Å². The first-order chi connectivity index (χ1) is 12.3. The summed E-state index contributed by atoms with van der Waals surface area (Å²) in [6, 6.07) is 11.5. The molecule has 0 saturated carbocycles. The molecule has 3 rings (SSSR count). The van der Waals surface area contributed by atoms with Gasteiger partial charge in [0.25, 0.3) is 0 Å². The molecule has 0 radical (unpaired) electrons. The molecule has 1 unspecified atom stereocenters. The van der Waals surface area contributed by atoms with E-state index < -0.39 is 11.0 Å². The van der Waals surface area contributed by atoms with Gasteiger partial charge < -0.3 is 5.11 Å². The van der Waals surface area contributed by atoms with Crippen LogP contribution in [-0.4, -0.2) is 20.1 Å². The van der Waals surface area contributed by atoms with E-state index >= 15 is 0 Å². The quantitative estimate of drug-likeness (QED) is 0.728. The topological polar surface area (TPSA) is 58.9 Å². The average Bonchev–Trinajstić information content (AvgIpc) is 2.62. The Kier molecular flexibility index (Phi) is 5.08. The summed E-state index contributed by atoms with van der Waals surface area (Å²) < 4.78 is 0. The van der Waals surface area contributed by atoms with Crippen molar-refractivity contribution in [2.45, 2.75) is 32.8 Å². The molecular weight excluding hydrogens is 346 g/mol. The molecule has 134 valence electrons. The van der Waals surface area contributed by atoms with E-state index in [-0.39, 0.29) is 0 Å². The van der Waals surface area contributed by atoms with E-state index in [2.05, 4.69) is 15.0 Å². The normalized spacial score (nSPS) is 14.0. The van der Waals surface area contributed by atoms with Crippen molar-refractivity contribution in [2.24, 2.45) is 5.41 Å². The van der Waals surface area contributed by atoms with Crippen molar-refractivity contribution in [3.8, 4) is 11.1 Å². The van der Waals surface area contributed by atoms with Crippen LogP contribution >= 0.6 is 11.6 Å². The Morgan fingerprint density at radius 1 is 0.885 bits per heavy atom. The van der Waals surface area contributed by atoms with Gasteiger partial charge in [-0.25, -0.2) is 9.97 Å². The minimum atomic E-state index is -1.14. The van der Waals surface area contributed by atoms with E-state index in [0.717, 1.165) is 16.7 Å². The van der Waals surface area contributed by atoms with Gasteiger partial charge in [-0.15, -0.1) is 0 Å². The summed E-state index contributed by atoms with van der Waals surface area (Å²) in [6.45, 7) is 6.02. The second-order valence-electron chi connectivity index (χ2n) is 7.47. The van der Waals surface area contributed by atoms with Crippen LogP contribution in [0.4, 0.5) is 0 Å². The van der Waals surface area contributed by atoms with Crippen LogP contribution in [0.2, 0.25) is 5.02 Å². The molecule has 0 saturated heterocycles. The molecule has 0 fully saturated rings. The number of rotatable bonds is 4. The maximum atomic E-state index is 11.5. The Hall–Kier alpha value is -2.30. The summed E-state index contributed by atoms with van der Waals surface area (Å²) in [5.41, 5.74) is 1.95. The Morgan fingerprint density at radius 2 is 1.50 bits per heavy atom. The van der Waals surface area contributed by atoms with Gasteiger partial charge in [0.1, 0.15) is 11.9 Å². The first-order valence-corrected chi connectivity index (χ1v) is 8.86. The van der Waals surface area contributed by atoms with Crippen LogP contribution in [0.15, 0.2) is 61.3 Å². The third kappa shape index (κ3) is 3.76. The van der Waals surface area contributed by atoms with E-state index in [1.807, 2.05) is 57.2 Å². The molecule has 2 heterocycles. The van der Waals surface area contributed by atoms with Crippen LogP contribution in [0.25, 0.3) is 11.1 Å². The molecule has 4 nitrogen and oxygen atoms in total. The highest BCUT2D eigenvalue weighted by Crippen LogP contribution is 2.41. The summed E-state index contributed by atoms with van der Waals surface area (Å²) in [5.74, 6) is 0. The molecule has 0 aliphatic heterocycles. The van der Waals surface area contributed by atoms with E-state index in [1.54, 1.807) is 18.6 Å². The van der Waals surface area contributed by atoms with Crippen LogP contribution in [0.3, 0.4) is 0 Å². The fourth-order valence-corrected chi connectivity index (χ4v) is 3.03. The molecule has 0 amide bonds. The zero-order chi connectivity index (χ0) is 18.8. The third-order valence-electron chi connectivity index (χ3n) is 4.68. The highest BCUT2D eigenvalue weighted by molar-refractivity contribution is 6.30. The Labute approximate surface area is 158 Å². The zero-order valence-electron chi connectivity index (χ0n) is 15.1. The maximum Gasteiger partial charge on any atom is 0.115 e. The van der Waals surface area contributed by atoms with Gasteiger partial charge in [0.05, 0.1) is 5.69 Å². The van der Waals surface area contributed by atoms with Crippen molar-refractivity contribution in [2.75, 3.05) is 0 Å². The summed E-state index contributed by atoms with van der Waals surface area (Å²) >= 11 is 5.95. The number of halogens is 1. The summed E-state index contributed by atoms with van der Waals surface area (Å²) in [4.78, 5) is 12.7.